The Kier molecular flexibility index (Phi) is 6.93. The second-order valence-electron chi connectivity index (χ2n) is 7.18. The Hall–Kier alpha value is -1.91. The van der Waals surface area contributed by atoms with Gasteiger partial charge in [-0.25, -0.2) is 0 Å². The highest BCUT2D eigenvalue weighted by molar-refractivity contribution is 6.74. The summed E-state index contributed by atoms with van der Waals surface area (Å²) in [6, 6.07) is 6.26. The molecule has 0 fully saturated rings. The van der Waals surface area contributed by atoms with E-state index in [9.17, 15) is 10.1 Å². The van der Waals surface area contributed by atoms with Crippen LogP contribution in [0.4, 0.5) is 5.69 Å². The van der Waals surface area contributed by atoms with Crippen LogP contribution < -0.4 is 4.74 Å². The molecule has 24 heavy (non-hydrogen) atoms. The number of hydrogen-bond donors (Lipinski definition) is 0. The fraction of sp³-hybridized carbons (Fsp3) is 0.588. The zero-order valence-corrected chi connectivity index (χ0v) is 16.1. The van der Waals surface area contributed by atoms with Crippen molar-refractivity contribution >= 4 is 14.0 Å². The lowest BCUT2D eigenvalue weighted by Gasteiger charge is -2.36. The molecule has 1 aromatic rings. The number of ether oxygens (including phenoxy) is 1. The van der Waals surface area contributed by atoms with E-state index < -0.39 is 13.2 Å². The molecule has 0 saturated carbocycles. The molecule has 0 amide bonds. The topological polar surface area (TPSA) is 85.4 Å². The van der Waals surface area contributed by atoms with Crippen molar-refractivity contribution in [2.45, 2.75) is 51.7 Å². The van der Waals surface area contributed by atoms with Crippen molar-refractivity contribution in [3.05, 3.63) is 33.9 Å². The van der Waals surface area contributed by atoms with Crippen LogP contribution in [0, 0.1) is 21.4 Å². The van der Waals surface area contributed by atoms with Gasteiger partial charge in [0.2, 0.25) is 0 Å². The lowest BCUT2D eigenvalue weighted by molar-refractivity contribution is -0.385. The molecule has 7 heteroatoms. The molecule has 0 bridgehead atoms. The van der Waals surface area contributed by atoms with Gasteiger partial charge >= 0.3 is 0 Å². The number of nitrogens with zero attached hydrogens (tertiary/aromatic N) is 2. The number of nitro groups is 1. The summed E-state index contributed by atoms with van der Waals surface area (Å²) in [6.45, 7) is 12.1. The third-order valence-electron chi connectivity index (χ3n) is 4.38. The highest BCUT2D eigenvalue weighted by Gasteiger charge is 2.36. The summed E-state index contributed by atoms with van der Waals surface area (Å²) in [4.78, 5) is 10.3. The Morgan fingerprint density at radius 1 is 1.25 bits per heavy atom. The van der Waals surface area contributed by atoms with Crippen LogP contribution in [0.15, 0.2) is 18.2 Å². The number of nitriles is 1. The Labute approximate surface area is 144 Å². The predicted molar refractivity (Wildman–Crippen MR) is 95.7 cm³/mol. The molecule has 1 aromatic carbocycles. The fourth-order valence-electron chi connectivity index (χ4n) is 1.83. The molecule has 0 aliphatic rings. The Bertz CT molecular complexity index is 618. The maximum Gasteiger partial charge on any atom is 0.290 e. The minimum atomic E-state index is -1.72. The quantitative estimate of drug-likeness (QED) is 0.295. The van der Waals surface area contributed by atoms with Crippen LogP contribution in [0.3, 0.4) is 0 Å². The number of unbranched alkanes of at least 4 members (excludes halogenated alkanes) is 1. The highest BCUT2D eigenvalue weighted by Crippen LogP contribution is 2.36. The van der Waals surface area contributed by atoms with Crippen molar-refractivity contribution in [1.82, 2.24) is 0 Å². The predicted octanol–water partition coefficient (Wildman–Crippen LogP) is 4.65. The maximum absolute atomic E-state index is 10.9. The summed E-state index contributed by atoms with van der Waals surface area (Å²) in [6.07, 6.45) is 1.62. The van der Waals surface area contributed by atoms with E-state index >= 15 is 0 Å². The standard InChI is InChI=1S/C17H26N2O4Si/c1-17(2,3)24(4,5)23-12-7-6-11-22-16-10-8-9-15(19(20)21)14(16)13-18/h8-10H,6-7,11-12H2,1-5H3. The molecule has 6 nitrogen and oxygen atoms in total. The minimum absolute atomic E-state index is 0.0278. The molecule has 0 saturated heterocycles. The van der Waals surface area contributed by atoms with Gasteiger partial charge in [0.15, 0.2) is 13.9 Å². The van der Waals surface area contributed by atoms with E-state index in [0.29, 0.717) is 13.2 Å². The molecule has 0 aromatic heterocycles. The van der Waals surface area contributed by atoms with Gasteiger partial charge in [0.25, 0.3) is 5.69 Å². The fourth-order valence-corrected chi connectivity index (χ4v) is 2.92. The number of rotatable bonds is 8. The molecular weight excluding hydrogens is 324 g/mol. The smallest absolute Gasteiger partial charge is 0.290 e. The van der Waals surface area contributed by atoms with Gasteiger partial charge < -0.3 is 9.16 Å². The van der Waals surface area contributed by atoms with Crippen molar-refractivity contribution < 1.29 is 14.1 Å². The Morgan fingerprint density at radius 2 is 1.88 bits per heavy atom. The van der Waals surface area contributed by atoms with Crippen LogP contribution in [0.25, 0.3) is 0 Å². The Balaban J connectivity index is 2.46. The molecular formula is C17H26N2O4Si. The normalized spacial score (nSPS) is 11.8. The second-order valence-corrected chi connectivity index (χ2v) is 12.0. The van der Waals surface area contributed by atoms with Crippen LogP contribution in [0.5, 0.6) is 5.75 Å². The lowest BCUT2D eigenvalue weighted by Crippen LogP contribution is -2.41. The van der Waals surface area contributed by atoms with E-state index in [4.69, 9.17) is 14.4 Å². The van der Waals surface area contributed by atoms with Crippen LogP contribution in [0.2, 0.25) is 18.1 Å². The van der Waals surface area contributed by atoms with Gasteiger partial charge in [-0.15, -0.1) is 0 Å². The molecule has 0 unspecified atom stereocenters. The maximum atomic E-state index is 10.9. The molecule has 0 N–H and O–H groups in total. The number of benzene rings is 1. The molecule has 0 heterocycles. The first-order valence-corrected chi connectivity index (χ1v) is 11.0. The molecule has 0 spiro atoms. The lowest BCUT2D eigenvalue weighted by atomic mass is 10.2. The van der Waals surface area contributed by atoms with Gasteiger partial charge in [-0.1, -0.05) is 26.8 Å². The first-order valence-electron chi connectivity index (χ1n) is 8.04. The summed E-state index contributed by atoms with van der Waals surface area (Å²) < 4.78 is 11.6. The van der Waals surface area contributed by atoms with Gasteiger partial charge in [-0.2, -0.15) is 5.26 Å². The van der Waals surface area contributed by atoms with Gasteiger partial charge in [0.1, 0.15) is 11.8 Å². The van der Waals surface area contributed by atoms with E-state index in [1.165, 1.54) is 12.1 Å². The van der Waals surface area contributed by atoms with E-state index in [1.807, 2.05) is 6.07 Å². The number of nitro benzene ring substituents is 1. The second kappa shape index (κ2) is 8.26. The summed E-state index contributed by atoms with van der Waals surface area (Å²) in [7, 11) is -1.72. The van der Waals surface area contributed by atoms with Crippen LogP contribution in [-0.4, -0.2) is 26.5 Å². The van der Waals surface area contributed by atoms with Crippen LogP contribution in [0.1, 0.15) is 39.2 Å². The summed E-state index contributed by atoms with van der Waals surface area (Å²) in [5.74, 6) is 0.261. The SMILES string of the molecule is CC(C)(C)[Si](C)(C)OCCCCOc1cccc([N+](=O)[O-])c1C#N. The van der Waals surface area contributed by atoms with E-state index in [2.05, 4.69) is 33.9 Å². The van der Waals surface area contributed by atoms with Crippen molar-refractivity contribution in [2.24, 2.45) is 0 Å². The largest absolute Gasteiger partial charge is 0.492 e. The first-order chi connectivity index (χ1) is 11.1. The van der Waals surface area contributed by atoms with Crippen molar-refractivity contribution in [3.63, 3.8) is 0 Å². The molecule has 0 aliphatic heterocycles. The average Bonchev–Trinajstić information content (AvgIpc) is 2.48. The number of hydrogen-bond acceptors (Lipinski definition) is 5. The van der Waals surface area contributed by atoms with E-state index in [1.54, 1.807) is 6.07 Å². The molecule has 1 rings (SSSR count). The van der Waals surface area contributed by atoms with Crippen molar-refractivity contribution in [3.8, 4) is 11.8 Å². The molecule has 132 valence electrons. The van der Waals surface area contributed by atoms with E-state index in [-0.39, 0.29) is 22.0 Å². The van der Waals surface area contributed by atoms with Crippen molar-refractivity contribution in [2.75, 3.05) is 13.2 Å². The molecule has 0 atom stereocenters. The minimum Gasteiger partial charge on any atom is -0.492 e. The monoisotopic (exact) mass is 350 g/mol. The third kappa shape index (κ3) is 5.32. The van der Waals surface area contributed by atoms with Crippen molar-refractivity contribution in [1.29, 1.82) is 5.26 Å². The van der Waals surface area contributed by atoms with Gasteiger partial charge in [0.05, 0.1) is 11.5 Å². The average molecular weight is 350 g/mol. The molecule has 0 radical (unpaired) electrons. The van der Waals surface area contributed by atoms with Crippen LogP contribution >= 0.6 is 0 Å². The highest BCUT2D eigenvalue weighted by atomic mass is 28.4. The first kappa shape index (κ1) is 20.1. The van der Waals surface area contributed by atoms with Crippen LogP contribution in [-0.2, 0) is 4.43 Å². The third-order valence-corrected chi connectivity index (χ3v) is 8.92. The van der Waals surface area contributed by atoms with Gasteiger partial charge in [0, 0.05) is 12.7 Å². The summed E-state index contributed by atoms with van der Waals surface area (Å²) >= 11 is 0. The van der Waals surface area contributed by atoms with Gasteiger partial charge in [-0.3, -0.25) is 10.1 Å². The zero-order chi connectivity index (χ0) is 18.4. The van der Waals surface area contributed by atoms with Gasteiger partial charge in [-0.05, 0) is 37.0 Å². The molecule has 0 aliphatic carbocycles. The van der Waals surface area contributed by atoms with E-state index in [0.717, 1.165) is 12.8 Å². The Morgan fingerprint density at radius 3 is 2.42 bits per heavy atom. The summed E-state index contributed by atoms with van der Waals surface area (Å²) in [5, 5.41) is 20.2. The summed E-state index contributed by atoms with van der Waals surface area (Å²) in [5.41, 5.74) is -0.253. The zero-order valence-electron chi connectivity index (χ0n) is 15.1.